The van der Waals surface area contributed by atoms with E-state index in [0.29, 0.717) is 25.7 Å². The third-order valence-corrected chi connectivity index (χ3v) is 6.11. The number of thiophene rings is 1. The molecule has 1 atom stereocenters. The molecule has 27 heavy (non-hydrogen) atoms. The quantitative estimate of drug-likeness (QED) is 0.650. The van der Waals surface area contributed by atoms with Crippen LogP contribution < -0.4 is 5.32 Å². The topological polar surface area (TPSA) is 55.9 Å². The second-order valence-corrected chi connectivity index (χ2v) is 8.45. The maximum absolute atomic E-state index is 12.7. The molecule has 148 valence electrons. The summed E-state index contributed by atoms with van der Waals surface area (Å²) in [6.07, 6.45) is 4.01. The Morgan fingerprint density at radius 1 is 1.37 bits per heavy atom. The van der Waals surface area contributed by atoms with Gasteiger partial charge in [-0.2, -0.15) is 0 Å². The van der Waals surface area contributed by atoms with E-state index in [1.165, 1.54) is 4.88 Å². The number of hydrogen-bond acceptors (Lipinski definition) is 5. The molecule has 1 aliphatic carbocycles. The number of carbonyl (C=O) groups excluding carboxylic acids is 2. The molecule has 3 rings (SSSR count). The van der Waals surface area contributed by atoms with Crippen molar-refractivity contribution >= 4 is 23.2 Å². The second-order valence-electron chi connectivity index (χ2n) is 7.41. The van der Waals surface area contributed by atoms with Crippen LogP contribution in [0.3, 0.4) is 0 Å². The summed E-state index contributed by atoms with van der Waals surface area (Å²) >= 11 is 1.67. The fourth-order valence-corrected chi connectivity index (χ4v) is 4.04. The Bertz CT molecular complexity index is 636. The molecule has 1 aromatic rings. The van der Waals surface area contributed by atoms with Gasteiger partial charge in [0.1, 0.15) is 0 Å². The minimum absolute atomic E-state index is 0.0976. The van der Waals surface area contributed by atoms with Gasteiger partial charge in [-0.05, 0) is 31.2 Å². The van der Waals surface area contributed by atoms with Crippen molar-refractivity contribution in [3.05, 3.63) is 35.0 Å². The van der Waals surface area contributed by atoms with Gasteiger partial charge in [0, 0.05) is 43.6 Å². The number of hydrogen-bond donors (Lipinski definition) is 1. The summed E-state index contributed by atoms with van der Waals surface area (Å²) in [6.45, 7) is 10.7. The number of nitrogens with one attached hydrogen (secondary N) is 1. The lowest BCUT2D eigenvalue weighted by Crippen LogP contribution is -2.55. The predicted molar refractivity (Wildman–Crippen MR) is 109 cm³/mol. The zero-order valence-corrected chi connectivity index (χ0v) is 16.9. The van der Waals surface area contributed by atoms with Crippen molar-refractivity contribution in [3.8, 4) is 0 Å². The number of nitrogens with zero attached hydrogens (tertiary/aromatic N) is 3. The van der Waals surface area contributed by atoms with Gasteiger partial charge in [0.2, 0.25) is 11.8 Å². The van der Waals surface area contributed by atoms with Gasteiger partial charge < -0.3 is 10.2 Å². The lowest BCUT2D eigenvalue weighted by molar-refractivity contribution is -0.134. The van der Waals surface area contributed by atoms with Gasteiger partial charge in [-0.3, -0.25) is 19.4 Å². The van der Waals surface area contributed by atoms with Crippen LogP contribution in [0.1, 0.15) is 24.6 Å². The van der Waals surface area contributed by atoms with Crippen molar-refractivity contribution in [1.82, 2.24) is 20.0 Å². The van der Waals surface area contributed by atoms with Crippen LogP contribution in [0, 0.1) is 0 Å². The summed E-state index contributed by atoms with van der Waals surface area (Å²) in [4.78, 5) is 32.4. The van der Waals surface area contributed by atoms with E-state index in [-0.39, 0.29) is 17.9 Å². The normalized spacial score (nSPS) is 19.4. The molecule has 6 nitrogen and oxygen atoms in total. The Kier molecular flexibility index (Phi) is 7.04. The van der Waals surface area contributed by atoms with Crippen molar-refractivity contribution in [3.63, 3.8) is 0 Å². The van der Waals surface area contributed by atoms with Crippen molar-refractivity contribution in [1.29, 1.82) is 0 Å². The molecule has 1 saturated heterocycles. The smallest absolute Gasteiger partial charge is 0.237 e. The molecule has 1 saturated carbocycles. The molecule has 1 unspecified atom stereocenters. The standard InChI is InChI=1S/C20H30N4O2S/c1-3-8-24(14-18-5-4-13-27-18)19(25)15-22-9-11-23(12-10-22)16(2)20(26)21-17-6-7-17/h3-5,13,16-17H,1,6-12,14-15H2,2H3,(H,21,26). The third-order valence-electron chi connectivity index (χ3n) is 5.25. The molecule has 2 aliphatic rings. The van der Waals surface area contributed by atoms with E-state index in [4.69, 9.17) is 0 Å². The van der Waals surface area contributed by atoms with Crippen molar-refractivity contribution in [2.24, 2.45) is 0 Å². The van der Waals surface area contributed by atoms with Gasteiger partial charge in [-0.15, -0.1) is 17.9 Å². The first-order valence-corrected chi connectivity index (χ1v) is 10.6. The fraction of sp³-hybridized carbons (Fsp3) is 0.600. The van der Waals surface area contributed by atoms with Crippen LogP contribution in [0.4, 0.5) is 0 Å². The SMILES string of the molecule is C=CCN(Cc1cccs1)C(=O)CN1CCN(C(C)C(=O)NC2CC2)CC1. The molecule has 7 heteroatoms. The molecule has 0 radical (unpaired) electrons. The van der Waals surface area contributed by atoms with Crippen LogP contribution in [-0.2, 0) is 16.1 Å². The van der Waals surface area contributed by atoms with E-state index < -0.39 is 0 Å². The number of piperazine rings is 1. The van der Waals surface area contributed by atoms with E-state index in [0.717, 1.165) is 39.0 Å². The number of carbonyl (C=O) groups is 2. The van der Waals surface area contributed by atoms with Gasteiger partial charge >= 0.3 is 0 Å². The molecule has 2 fully saturated rings. The first-order chi connectivity index (χ1) is 13.1. The zero-order valence-electron chi connectivity index (χ0n) is 16.1. The first kappa shape index (κ1) is 20.0. The highest BCUT2D eigenvalue weighted by molar-refractivity contribution is 7.09. The summed E-state index contributed by atoms with van der Waals surface area (Å²) in [7, 11) is 0. The molecule has 1 aliphatic heterocycles. The molecular formula is C20H30N4O2S. The minimum atomic E-state index is -0.0976. The van der Waals surface area contributed by atoms with E-state index in [2.05, 4.69) is 27.8 Å². The molecule has 1 N–H and O–H groups in total. The minimum Gasteiger partial charge on any atom is -0.352 e. The Morgan fingerprint density at radius 3 is 2.70 bits per heavy atom. The summed E-state index contributed by atoms with van der Waals surface area (Å²) in [5.74, 6) is 0.270. The van der Waals surface area contributed by atoms with Gasteiger partial charge in [0.05, 0.1) is 19.1 Å². The van der Waals surface area contributed by atoms with Crippen LogP contribution in [0.25, 0.3) is 0 Å². The Balaban J connectivity index is 1.44. The van der Waals surface area contributed by atoms with Crippen LogP contribution in [0.5, 0.6) is 0 Å². The highest BCUT2D eigenvalue weighted by Crippen LogP contribution is 2.19. The maximum atomic E-state index is 12.7. The fourth-order valence-electron chi connectivity index (χ4n) is 3.32. The maximum Gasteiger partial charge on any atom is 0.237 e. The Morgan fingerprint density at radius 2 is 2.11 bits per heavy atom. The highest BCUT2D eigenvalue weighted by Gasteiger charge is 2.30. The van der Waals surface area contributed by atoms with E-state index >= 15 is 0 Å². The Hall–Kier alpha value is -1.70. The number of rotatable bonds is 9. The molecule has 0 aromatic carbocycles. The largest absolute Gasteiger partial charge is 0.352 e. The van der Waals surface area contributed by atoms with Crippen molar-refractivity contribution in [2.45, 2.75) is 38.4 Å². The molecule has 2 amide bonds. The summed E-state index contributed by atoms with van der Waals surface area (Å²) in [5, 5.41) is 5.11. The average molecular weight is 391 g/mol. The predicted octanol–water partition coefficient (Wildman–Crippen LogP) is 1.55. The van der Waals surface area contributed by atoms with Crippen molar-refractivity contribution < 1.29 is 9.59 Å². The number of amides is 2. The van der Waals surface area contributed by atoms with E-state index in [1.54, 1.807) is 17.4 Å². The lowest BCUT2D eigenvalue weighted by Gasteiger charge is -2.37. The van der Waals surface area contributed by atoms with Crippen LogP contribution >= 0.6 is 11.3 Å². The van der Waals surface area contributed by atoms with E-state index in [1.807, 2.05) is 23.3 Å². The van der Waals surface area contributed by atoms with Gasteiger partial charge in [0.15, 0.2) is 0 Å². The van der Waals surface area contributed by atoms with Gasteiger partial charge in [-0.25, -0.2) is 0 Å². The monoisotopic (exact) mass is 390 g/mol. The molecule has 0 spiro atoms. The first-order valence-electron chi connectivity index (χ1n) is 9.74. The van der Waals surface area contributed by atoms with Crippen molar-refractivity contribution in [2.75, 3.05) is 39.3 Å². The molecule has 1 aromatic heterocycles. The summed E-state index contributed by atoms with van der Waals surface area (Å²) in [5.41, 5.74) is 0. The van der Waals surface area contributed by atoms with Crippen LogP contribution in [0.2, 0.25) is 0 Å². The highest BCUT2D eigenvalue weighted by atomic mass is 32.1. The van der Waals surface area contributed by atoms with E-state index in [9.17, 15) is 9.59 Å². The van der Waals surface area contributed by atoms with Crippen LogP contribution in [-0.4, -0.2) is 77.9 Å². The summed E-state index contributed by atoms with van der Waals surface area (Å²) < 4.78 is 0. The molecule has 2 heterocycles. The molecule has 0 bridgehead atoms. The Labute approximate surface area is 165 Å². The third kappa shape index (κ3) is 5.89. The second kappa shape index (κ2) is 9.48. The summed E-state index contributed by atoms with van der Waals surface area (Å²) in [6, 6.07) is 4.37. The van der Waals surface area contributed by atoms with Gasteiger partial charge in [0.25, 0.3) is 0 Å². The average Bonchev–Trinajstić information content (AvgIpc) is 3.33. The zero-order chi connectivity index (χ0) is 19.2. The lowest BCUT2D eigenvalue weighted by atomic mass is 10.2. The molecular weight excluding hydrogens is 360 g/mol. The van der Waals surface area contributed by atoms with Crippen LogP contribution in [0.15, 0.2) is 30.2 Å². The van der Waals surface area contributed by atoms with Gasteiger partial charge in [-0.1, -0.05) is 12.1 Å².